The lowest BCUT2D eigenvalue weighted by molar-refractivity contribution is 0.301. The lowest BCUT2D eigenvalue weighted by atomic mass is 9.82. The summed E-state index contributed by atoms with van der Waals surface area (Å²) in [6, 6.07) is 2.96. The normalized spacial score (nSPS) is 18.3. The van der Waals surface area contributed by atoms with E-state index in [4.69, 9.17) is 17.3 Å². The number of nitrogens with zero attached hydrogens (tertiary/aromatic N) is 1. The van der Waals surface area contributed by atoms with Crippen molar-refractivity contribution in [2.45, 2.75) is 33.1 Å². The van der Waals surface area contributed by atoms with Gasteiger partial charge in [0.05, 0.1) is 16.4 Å². The van der Waals surface area contributed by atoms with Gasteiger partial charge in [-0.1, -0.05) is 25.4 Å². The van der Waals surface area contributed by atoms with Crippen LogP contribution in [-0.2, 0) is 0 Å². The van der Waals surface area contributed by atoms with E-state index in [1.165, 1.54) is 12.1 Å². The summed E-state index contributed by atoms with van der Waals surface area (Å²) in [5, 5.41) is 0.0905. The van der Waals surface area contributed by atoms with Gasteiger partial charge in [-0.25, -0.2) is 4.39 Å². The van der Waals surface area contributed by atoms with Crippen LogP contribution in [0.3, 0.4) is 0 Å². The van der Waals surface area contributed by atoms with E-state index >= 15 is 0 Å². The number of halogens is 2. The highest BCUT2D eigenvalue weighted by Crippen LogP contribution is 2.41. The maximum Gasteiger partial charge on any atom is 0.144 e. The second-order valence-electron chi connectivity index (χ2n) is 5.20. The summed E-state index contributed by atoms with van der Waals surface area (Å²) >= 11 is 5.73. The molecule has 1 aromatic rings. The van der Waals surface area contributed by atoms with Gasteiger partial charge in [-0.2, -0.15) is 0 Å². The molecule has 0 amide bonds. The van der Waals surface area contributed by atoms with Crippen LogP contribution in [0.2, 0.25) is 5.02 Å². The van der Waals surface area contributed by atoms with Gasteiger partial charge in [-0.05, 0) is 30.7 Å². The molecule has 1 saturated heterocycles. The molecule has 1 heterocycles. The number of rotatable bonds is 3. The number of anilines is 2. The van der Waals surface area contributed by atoms with Crippen LogP contribution < -0.4 is 10.6 Å². The Morgan fingerprint density at radius 3 is 2.61 bits per heavy atom. The van der Waals surface area contributed by atoms with Gasteiger partial charge >= 0.3 is 0 Å². The minimum Gasteiger partial charge on any atom is -0.397 e. The van der Waals surface area contributed by atoms with Crippen LogP contribution >= 0.6 is 11.6 Å². The molecule has 2 nitrogen and oxygen atoms in total. The number of nitrogen functional groups attached to an aromatic ring is 1. The van der Waals surface area contributed by atoms with Gasteiger partial charge in [-0.3, -0.25) is 0 Å². The van der Waals surface area contributed by atoms with Crippen LogP contribution in [0.25, 0.3) is 0 Å². The molecular weight excluding hydrogens is 251 g/mol. The maximum atomic E-state index is 13.6. The molecule has 0 saturated carbocycles. The Labute approximate surface area is 113 Å². The molecule has 0 atom stereocenters. The highest BCUT2D eigenvalue weighted by Gasteiger charge is 2.35. The van der Waals surface area contributed by atoms with E-state index in [0.717, 1.165) is 38.0 Å². The lowest BCUT2D eigenvalue weighted by Crippen LogP contribution is -2.26. The van der Waals surface area contributed by atoms with Crippen LogP contribution in [0.5, 0.6) is 0 Å². The fraction of sp³-hybridized carbons (Fsp3) is 0.571. The lowest BCUT2D eigenvalue weighted by Gasteiger charge is -2.27. The molecule has 0 aromatic heterocycles. The molecule has 0 radical (unpaired) electrons. The topological polar surface area (TPSA) is 29.3 Å². The summed E-state index contributed by atoms with van der Waals surface area (Å²) in [6.07, 6.45) is 3.44. The molecule has 2 rings (SSSR count). The maximum absolute atomic E-state index is 13.6. The molecule has 1 aliphatic rings. The van der Waals surface area contributed by atoms with E-state index in [9.17, 15) is 4.39 Å². The third-order valence-corrected chi connectivity index (χ3v) is 4.64. The first-order valence-corrected chi connectivity index (χ1v) is 6.88. The summed E-state index contributed by atoms with van der Waals surface area (Å²) in [4.78, 5) is 2.18. The monoisotopic (exact) mass is 270 g/mol. The van der Waals surface area contributed by atoms with E-state index in [1.54, 1.807) is 0 Å². The molecule has 0 aliphatic carbocycles. The van der Waals surface area contributed by atoms with E-state index < -0.39 is 5.82 Å². The summed E-state index contributed by atoms with van der Waals surface area (Å²) in [5.74, 6) is -0.397. The second kappa shape index (κ2) is 4.96. The largest absolute Gasteiger partial charge is 0.397 e. The average molecular weight is 271 g/mol. The SMILES string of the molecule is CCC1(CC)CCN(c2cc(F)c(Cl)cc2N)C1. The molecule has 0 spiro atoms. The average Bonchev–Trinajstić information content (AvgIpc) is 2.79. The molecule has 1 fully saturated rings. The van der Waals surface area contributed by atoms with Gasteiger partial charge in [-0.15, -0.1) is 0 Å². The molecule has 0 unspecified atom stereocenters. The number of nitrogens with two attached hydrogens (primary N) is 1. The molecule has 0 bridgehead atoms. The molecular formula is C14H20ClFN2. The van der Waals surface area contributed by atoms with Crippen molar-refractivity contribution < 1.29 is 4.39 Å². The van der Waals surface area contributed by atoms with Crippen LogP contribution in [0.15, 0.2) is 12.1 Å². The van der Waals surface area contributed by atoms with Crippen molar-refractivity contribution in [3.63, 3.8) is 0 Å². The summed E-state index contributed by atoms with van der Waals surface area (Å²) < 4.78 is 13.6. The number of hydrogen-bond acceptors (Lipinski definition) is 2. The zero-order valence-corrected chi connectivity index (χ0v) is 11.7. The van der Waals surface area contributed by atoms with Crippen molar-refractivity contribution >= 4 is 23.0 Å². The fourth-order valence-corrected chi connectivity index (χ4v) is 2.97. The summed E-state index contributed by atoms with van der Waals surface area (Å²) in [7, 11) is 0. The predicted octanol–water partition coefficient (Wildman–Crippen LogP) is 4.08. The highest BCUT2D eigenvalue weighted by molar-refractivity contribution is 6.31. The third-order valence-electron chi connectivity index (χ3n) is 4.35. The predicted molar refractivity (Wildman–Crippen MR) is 75.7 cm³/mol. The fourth-order valence-electron chi connectivity index (χ4n) is 2.79. The first-order valence-electron chi connectivity index (χ1n) is 6.51. The summed E-state index contributed by atoms with van der Waals surface area (Å²) in [6.45, 7) is 6.33. The van der Waals surface area contributed by atoms with Gasteiger partial charge in [0.25, 0.3) is 0 Å². The number of benzene rings is 1. The molecule has 2 N–H and O–H groups in total. The van der Waals surface area contributed by atoms with Crippen molar-refractivity contribution in [1.29, 1.82) is 0 Å². The second-order valence-corrected chi connectivity index (χ2v) is 5.61. The van der Waals surface area contributed by atoms with E-state index in [0.29, 0.717) is 11.1 Å². The van der Waals surface area contributed by atoms with Crippen LogP contribution in [-0.4, -0.2) is 13.1 Å². The van der Waals surface area contributed by atoms with Gasteiger partial charge in [0.2, 0.25) is 0 Å². The zero-order chi connectivity index (χ0) is 13.3. The molecule has 18 heavy (non-hydrogen) atoms. The quantitative estimate of drug-likeness (QED) is 0.839. The van der Waals surface area contributed by atoms with Crippen molar-refractivity contribution in [2.24, 2.45) is 5.41 Å². The van der Waals surface area contributed by atoms with E-state index in [-0.39, 0.29) is 5.02 Å². The minimum atomic E-state index is -0.397. The van der Waals surface area contributed by atoms with E-state index in [1.807, 2.05) is 0 Å². The summed E-state index contributed by atoms with van der Waals surface area (Å²) in [5.41, 5.74) is 7.64. The minimum absolute atomic E-state index is 0.0905. The van der Waals surface area contributed by atoms with Crippen molar-refractivity contribution in [1.82, 2.24) is 0 Å². The van der Waals surface area contributed by atoms with Crippen LogP contribution in [0.1, 0.15) is 33.1 Å². The molecule has 100 valence electrons. The molecule has 1 aromatic carbocycles. The van der Waals surface area contributed by atoms with Gasteiger partial charge in [0.15, 0.2) is 0 Å². The zero-order valence-electron chi connectivity index (χ0n) is 11.0. The third kappa shape index (κ3) is 2.28. The van der Waals surface area contributed by atoms with Crippen molar-refractivity contribution in [2.75, 3.05) is 23.7 Å². The van der Waals surface area contributed by atoms with Crippen molar-refractivity contribution in [3.05, 3.63) is 23.0 Å². The van der Waals surface area contributed by atoms with Gasteiger partial charge in [0, 0.05) is 19.2 Å². The number of hydrogen-bond donors (Lipinski definition) is 1. The highest BCUT2D eigenvalue weighted by atomic mass is 35.5. The first kappa shape index (κ1) is 13.5. The Hall–Kier alpha value is -0.960. The van der Waals surface area contributed by atoms with Gasteiger partial charge < -0.3 is 10.6 Å². The van der Waals surface area contributed by atoms with Crippen LogP contribution in [0, 0.1) is 11.2 Å². The van der Waals surface area contributed by atoms with Crippen molar-refractivity contribution in [3.8, 4) is 0 Å². The molecule has 1 aliphatic heterocycles. The Bertz CT molecular complexity index is 444. The Kier molecular flexibility index (Phi) is 3.71. The van der Waals surface area contributed by atoms with E-state index in [2.05, 4.69) is 18.7 Å². The Balaban J connectivity index is 2.27. The standard InChI is InChI=1S/C14H20ClFN2/c1-3-14(4-2)5-6-18(9-14)13-8-11(16)10(15)7-12(13)17/h7-8H,3-6,9,17H2,1-2H3. The first-order chi connectivity index (χ1) is 8.51. The van der Waals surface area contributed by atoms with Crippen LogP contribution in [0.4, 0.5) is 15.8 Å². The Morgan fingerprint density at radius 2 is 2.06 bits per heavy atom. The van der Waals surface area contributed by atoms with Gasteiger partial charge in [0.1, 0.15) is 5.82 Å². The Morgan fingerprint density at radius 1 is 1.39 bits per heavy atom. The smallest absolute Gasteiger partial charge is 0.144 e. The molecule has 4 heteroatoms.